The zero-order valence-corrected chi connectivity index (χ0v) is 30.5. The van der Waals surface area contributed by atoms with Crippen molar-refractivity contribution in [3.8, 4) is 11.5 Å². The van der Waals surface area contributed by atoms with Gasteiger partial charge in [-0.15, -0.1) is 0 Å². The highest BCUT2D eigenvalue weighted by Crippen LogP contribution is 2.33. The number of anilines is 1. The molecule has 1 atom stereocenters. The van der Waals surface area contributed by atoms with Crippen LogP contribution in [0.1, 0.15) is 43.2 Å². The molecule has 1 fully saturated rings. The third kappa shape index (κ3) is 9.22. The maximum absolute atomic E-state index is 14.7. The van der Waals surface area contributed by atoms with Gasteiger partial charge >= 0.3 is 0 Å². The summed E-state index contributed by atoms with van der Waals surface area (Å²) in [5.74, 6) is -0.985. The fraction of sp³-hybridized carbons (Fsp3) is 0.316. The maximum Gasteiger partial charge on any atom is 0.264 e. The molecule has 1 saturated carbocycles. The van der Waals surface area contributed by atoms with Crippen LogP contribution >= 0.6 is 15.9 Å². The summed E-state index contributed by atoms with van der Waals surface area (Å²) in [5.41, 5.74) is 1.66. The molecule has 4 aromatic carbocycles. The van der Waals surface area contributed by atoms with Gasteiger partial charge in [-0.2, -0.15) is 0 Å². The Kier molecular flexibility index (Phi) is 12.5. The predicted molar refractivity (Wildman–Crippen MR) is 194 cm³/mol. The summed E-state index contributed by atoms with van der Waals surface area (Å²) in [4.78, 5) is 30.3. The minimum Gasteiger partial charge on any atom is -0.493 e. The number of rotatable bonds is 14. The van der Waals surface area contributed by atoms with E-state index in [1.807, 2.05) is 54.6 Å². The van der Waals surface area contributed by atoms with Gasteiger partial charge in [-0.3, -0.25) is 13.9 Å². The van der Waals surface area contributed by atoms with Gasteiger partial charge in [0.25, 0.3) is 10.0 Å². The Labute approximate surface area is 301 Å². The molecule has 0 spiro atoms. The van der Waals surface area contributed by atoms with Crippen molar-refractivity contribution in [2.45, 2.75) is 62.0 Å². The first-order chi connectivity index (χ1) is 24.1. The SMILES string of the molecule is COc1ccc(S(=O)(=O)N(CC(=O)N(Cc2cccc(Br)c2)[C@H](Cc2ccccc2)C(=O)NC2CCCCC2)c2ccc(F)cc2)cc1OC. The fourth-order valence-corrected chi connectivity index (χ4v) is 8.05. The Morgan fingerprint density at radius 2 is 1.54 bits per heavy atom. The van der Waals surface area contributed by atoms with E-state index in [-0.39, 0.29) is 41.2 Å². The Morgan fingerprint density at radius 3 is 2.20 bits per heavy atom. The number of halogens is 2. The fourth-order valence-electron chi connectivity index (χ4n) is 6.17. The molecule has 1 N–H and O–H groups in total. The molecule has 0 heterocycles. The third-order valence-corrected chi connectivity index (χ3v) is 11.1. The number of carbonyl (C=O) groups is 2. The summed E-state index contributed by atoms with van der Waals surface area (Å²) in [6.45, 7) is -0.639. The highest BCUT2D eigenvalue weighted by molar-refractivity contribution is 9.10. The third-order valence-electron chi connectivity index (χ3n) is 8.80. The zero-order valence-electron chi connectivity index (χ0n) is 28.1. The Balaban J connectivity index is 1.58. The molecule has 0 aliphatic heterocycles. The standard InChI is InChI=1S/C38H41BrFN3O6S/c1-48-35-21-20-33(24-36(35)49-2)50(46,47)43(32-18-16-30(40)17-19-32)26-37(44)42(25-28-12-9-13-29(39)22-28)34(23-27-10-5-3-6-11-27)38(45)41-31-14-7-4-8-15-31/h3,5-6,9-13,16-22,24,31,34H,4,7-8,14-15,23,25-26H2,1-2H3,(H,41,45)/t34-/m1/s1. The van der Waals surface area contributed by atoms with Crippen molar-refractivity contribution in [2.24, 2.45) is 0 Å². The van der Waals surface area contributed by atoms with Gasteiger partial charge < -0.3 is 19.7 Å². The van der Waals surface area contributed by atoms with E-state index in [4.69, 9.17) is 9.47 Å². The van der Waals surface area contributed by atoms with Crippen molar-refractivity contribution in [3.63, 3.8) is 0 Å². The Bertz CT molecular complexity index is 1870. The van der Waals surface area contributed by atoms with E-state index in [1.54, 1.807) is 0 Å². The molecule has 50 heavy (non-hydrogen) atoms. The number of sulfonamides is 1. The number of amides is 2. The molecule has 0 unspecified atom stereocenters. The maximum atomic E-state index is 14.7. The minimum absolute atomic E-state index is 0.0153. The van der Waals surface area contributed by atoms with Crippen molar-refractivity contribution in [1.82, 2.24) is 10.2 Å². The first kappa shape index (κ1) is 36.9. The average Bonchev–Trinajstić information content (AvgIpc) is 3.12. The molecular weight excluding hydrogens is 725 g/mol. The summed E-state index contributed by atoms with van der Waals surface area (Å²) in [6, 6.07) is 24.8. The number of hydrogen-bond acceptors (Lipinski definition) is 6. The number of methoxy groups -OCH3 is 2. The molecule has 4 aromatic rings. The summed E-state index contributed by atoms with van der Waals surface area (Å²) in [5, 5.41) is 3.20. The Hall–Kier alpha value is -4.42. The highest BCUT2D eigenvalue weighted by atomic mass is 79.9. The second-order valence-corrected chi connectivity index (χ2v) is 15.0. The normalized spacial score (nSPS) is 14.0. The second-order valence-electron chi connectivity index (χ2n) is 12.2. The van der Waals surface area contributed by atoms with Crippen molar-refractivity contribution >= 4 is 43.5 Å². The van der Waals surface area contributed by atoms with Gasteiger partial charge in [0.15, 0.2) is 11.5 Å². The van der Waals surface area contributed by atoms with E-state index in [2.05, 4.69) is 21.2 Å². The number of carbonyl (C=O) groups excluding carboxylic acids is 2. The number of nitrogens with one attached hydrogen (secondary N) is 1. The van der Waals surface area contributed by atoms with Crippen LogP contribution in [-0.4, -0.2) is 58.0 Å². The van der Waals surface area contributed by atoms with Crippen LogP contribution in [-0.2, 0) is 32.6 Å². The van der Waals surface area contributed by atoms with Crippen LogP contribution in [0, 0.1) is 5.82 Å². The van der Waals surface area contributed by atoms with Crippen LogP contribution in [0.3, 0.4) is 0 Å². The van der Waals surface area contributed by atoms with Gasteiger partial charge in [0.1, 0.15) is 18.4 Å². The topological polar surface area (TPSA) is 105 Å². The molecule has 1 aliphatic rings. The molecule has 0 saturated heterocycles. The van der Waals surface area contributed by atoms with Crippen LogP contribution < -0.4 is 19.1 Å². The van der Waals surface area contributed by atoms with Gasteiger partial charge in [0.2, 0.25) is 11.8 Å². The minimum atomic E-state index is -4.44. The van der Waals surface area contributed by atoms with Crippen LogP contribution in [0.2, 0.25) is 0 Å². The van der Waals surface area contributed by atoms with Crippen molar-refractivity contribution < 1.29 is 31.9 Å². The lowest BCUT2D eigenvalue weighted by Gasteiger charge is -2.35. The smallest absolute Gasteiger partial charge is 0.264 e. The summed E-state index contributed by atoms with van der Waals surface area (Å²) < 4.78 is 55.2. The largest absolute Gasteiger partial charge is 0.493 e. The van der Waals surface area contributed by atoms with Gasteiger partial charge in [-0.05, 0) is 72.5 Å². The number of hydrogen-bond donors (Lipinski definition) is 1. The van der Waals surface area contributed by atoms with E-state index in [0.717, 1.165) is 64.1 Å². The van der Waals surface area contributed by atoms with E-state index >= 15 is 0 Å². The number of ether oxygens (including phenoxy) is 2. The lowest BCUT2D eigenvalue weighted by Crippen LogP contribution is -2.55. The van der Waals surface area contributed by atoms with Gasteiger partial charge in [0, 0.05) is 29.5 Å². The molecule has 1 aliphatic carbocycles. The second kappa shape index (κ2) is 17.0. The summed E-state index contributed by atoms with van der Waals surface area (Å²) in [7, 11) is -1.61. The highest BCUT2D eigenvalue weighted by Gasteiger charge is 2.36. The molecule has 12 heteroatoms. The number of nitrogens with zero attached hydrogens (tertiary/aromatic N) is 2. The van der Waals surface area contributed by atoms with E-state index in [1.165, 1.54) is 49.5 Å². The van der Waals surface area contributed by atoms with Gasteiger partial charge in [-0.25, -0.2) is 12.8 Å². The lowest BCUT2D eigenvalue weighted by atomic mass is 9.94. The number of benzene rings is 4. The molecule has 264 valence electrons. The van der Waals surface area contributed by atoms with E-state index < -0.39 is 34.3 Å². The molecule has 0 aromatic heterocycles. The molecule has 9 nitrogen and oxygen atoms in total. The summed E-state index contributed by atoms with van der Waals surface area (Å²) in [6.07, 6.45) is 5.04. The first-order valence-corrected chi connectivity index (χ1v) is 18.7. The van der Waals surface area contributed by atoms with Crippen molar-refractivity contribution in [3.05, 3.63) is 118 Å². The van der Waals surface area contributed by atoms with Crippen LogP contribution in [0.5, 0.6) is 11.5 Å². The first-order valence-electron chi connectivity index (χ1n) is 16.5. The Morgan fingerprint density at radius 1 is 0.860 bits per heavy atom. The van der Waals surface area contributed by atoms with Crippen LogP contribution in [0.15, 0.2) is 106 Å². The van der Waals surface area contributed by atoms with Crippen LogP contribution in [0.25, 0.3) is 0 Å². The lowest BCUT2D eigenvalue weighted by molar-refractivity contribution is -0.140. The molecule has 5 rings (SSSR count). The quantitative estimate of drug-likeness (QED) is 0.150. The van der Waals surface area contributed by atoms with Crippen molar-refractivity contribution in [2.75, 3.05) is 25.1 Å². The van der Waals surface area contributed by atoms with Gasteiger partial charge in [-0.1, -0.05) is 77.7 Å². The molecular formula is C38H41BrFN3O6S. The van der Waals surface area contributed by atoms with Crippen LogP contribution in [0.4, 0.5) is 10.1 Å². The molecule has 2 amide bonds. The van der Waals surface area contributed by atoms with Gasteiger partial charge in [0.05, 0.1) is 24.8 Å². The molecule has 0 radical (unpaired) electrons. The van der Waals surface area contributed by atoms with E-state index in [0.29, 0.717) is 5.75 Å². The monoisotopic (exact) mass is 765 g/mol. The van der Waals surface area contributed by atoms with E-state index in [9.17, 15) is 22.4 Å². The molecule has 0 bridgehead atoms. The summed E-state index contributed by atoms with van der Waals surface area (Å²) >= 11 is 3.51. The predicted octanol–water partition coefficient (Wildman–Crippen LogP) is 6.89. The van der Waals surface area contributed by atoms with Crippen molar-refractivity contribution in [1.29, 1.82) is 0 Å². The zero-order chi connectivity index (χ0) is 35.7. The average molecular weight is 767 g/mol.